The number of pyridine rings is 1. The molecule has 4 heteroatoms. The molecule has 0 radical (unpaired) electrons. The van der Waals surface area contributed by atoms with E-state index in [1.165, 1.54) is 17.8 Å². The third-order valence-electron chi connectivity index (χ3n) is 3.12. The maximum Gasteiger partial charge on any atom is 0.335 e. The lowest BCUT2D eigenvalue weighted by atomic mass is 10.1. The molecule has 0 atom stereocenters. The van der Waals surface area contributed by atoms with E-state index in [0.29, 0.717) is 5.69 Å². The minimum atomic E-state index is -0.945. The second-order valence-corrected chi connectivity index (χ2v) is 4.49. The molecule has 0 aliphatic heterocycles. The maximum absolute atomic E-state index is 11.0. The van der Waals surface area contributed by atoms with Gasteiger partial charge >= 0.3 is 5.97 Å². The Morgan fingerprint density at radius 3 is 2.89 bits per heavy atom. The molecule has 1 aromatic carbocycles. The van der Waals surface area contributed by atoms with E-state index in [0.717, 1.165) is 16.5 Å². The van der Waals surface area contributed by atoms with Gasteiger partial charge in [0.05, 0.1) is 11.3 Å². The molecule has 0 spiro atoms. The van der Waals surface area contributed by atoms with Crippen molar-refractivity contribution < 1.29 is 9.90 Å². The highest BCUT2D eigenvalue weighted by Crippen LogP contribution is 2.28. The number of carbonyl (C=O) groups is 1. The Morgan fingerprint density at radius 2 is 2.11 bits per heavy atom. The fourth-order valence-electron chi connectivity index (χ4n) is 2.16. The number of carboxylic acid groups (broad SMARTS) is 1. The van der Waals surface area contributed by atoms with Crippen molar-refractivity contribution in [2.75, 3.05) is 0 Å². The third kappa shape index (κ3) is 1.97. The minimum Gasteiger partial charge on any atom is -0.478 e. The van der Waals surface area contributed by atoms with Crippen molar-refractivity contribution in [3.63, 3.8) is 0 Å². The van der Waals surface area contributed by atoms with E-state index in [2.05, 4.69) is 16.0 Å². The molecule has 94 valence electrons. The van der Waals surface area contributed by atoms with Crippen LogP contribution in [0.5, 0.6) is 0 Å². The van der Waals surface area contributed by atoms with Crippen LogP contribution in [0.1, 0.15) is 15.9 Å². The Kier molecular flexibility index (Phi) is 2.56. The van der Waals surface area contributed by atoms with Crippen molar-refractivity contribution in [2.45, 2.75) is 6.92 Å². The highest BCUT2D eigenvalue weighted by molar-refractivity contribution is 5.96. The molecule has 0 saturated carbocycles. The monoisotopic (exact) mass is 252 g/mol. The molecule has 0 unspecified atom stereocenters. The van der Waals surface area contributed by atoms with E-state index in [4.69, 9.17) is 5.11 Å². The zero-order valence-electron chi connectivity index (χ0n) is 10.3. The first-order valence-electron chi connectivity index (χ1n) is 5.92. The number of fused-ring (bicyclic) bond motifs is 1. The molecule has 0 bridgehead atoms. The van der Waals surface area contributed by atoms with Crippen LogP contribution in [-0.4, -0.2) is 21.0 Å². The number of nitrogens with zero attached hydrogens (tertiary/aromatic N) is 1. The fraction of sp³-hybridized carbons (Fsp3) is 0.0667. The first-order valence-corrected chi connectivity index (χ1v) is 5.92. The van der Waals surface area contributed by atoms with Gasteiger partial charge in [0.2, 0.25) is 0 Å². The van der Waals surface area contributed by atoms with Crippen molar-refractivity contribution >= 4 is 16.9 Å². The standard InChI is InChI=1S/C15H12N2O2/c1-9-2-3-11-12(8-17-13(11)6-9)14-7-10(15(18)19)4-5-16-14/h2-8,17H,1H3,(H,18,19). The van der Waals surface area contributed by atoms with Gasteiger partial charge in [-0.1, -0.05) is 12.1 Å². The summed E-state index contributed by atoms with van der Waals surface area (Å²) in [7, 11) is 0. The Hall–Kier alpha value is -2.62. The predicted octanol–water partition coefficient (Wildman–Crippen LogP) is 3.24. The van der Waals surface area contributed by atoms with Crippen LogP contribution in [-0.2, 0) is 0 Å². The smallest absolute Gasteiger partial charge is 0.335 e. The van der Waals surface area contributed by atoms with E-state index in [1.54, 1.807) is 6.07 Å². The van der Waals surface area contributed by atoms with Crippen LogP contribution in [0.2, 0.25) is 0 Å². The van der Waals surface area contributed by atoms with Crippen LogP contribution in [0.15, 0.2) is 42.7 Å². The van der Waals surface area contributed by atoms with Crippen LogP contribution in [0.25, 0.3) is 22.2 Å². The SMILES string of the molecule is Cc1ccc2c(-c3cc(C(=O)O)ccn3)c[nH]c2c1. The van der Waals surface area contributed by atoms with Gasteiger partial charge in [0, 0.05) is 28.9 Å². The molecule has 0 fully saturated rings. The number of benzene rings is 1. The number of aromatic nitrogens is 2. The zero-order chi connectivity index (χ0) is 13.4. The maximum atomic E-state index is 11.0. The number of aromatic carboxylic acids is 1. The molecule has 19 heavy (non-hydrogen) atoms. The third-order valence-corrected chi connectivity index (χ3v) is 3.12. The lowest BCUT2D eigenvalue weighted by molar-refractivity contribution is 0.0697. The first kappa shape index (κ1) is 11.5. The van der Waals surface area contributed by atoms with Crippen molar-refractivity contribution in [2.24, 2.45) is 0 Å². The first-order chi connectivity index (χ1) is 9.15. The number of aryl methyl sites for hydroxylation is 1. The van der Waals surface area contributed by atoms with Crippen LogP contribution >= 0.6 is 0 Å². The second-order valence-electron chi connectivity index (χ2n) is 4.49. The predicted molar refractivity (Wildman–Crippen MR) is 73.2 cm³/mol. The summed E-state index contributed by atoms with van der Waals surface area (Å²) in [6, 6.07) is 9.18. The van der Waals surface area contributed by atoms with E-state index < -0.39 is 5.97 Å². The topological polar surface area (TPSA) is 66.0 Å². The minimum absolute atomic E-state index is 0.242. The quantitative estimate of drug-likeness (QED) is 0.735. The van der Waals surface area contributed by atoms with Gasteiger partial charge in [0.1, 0.15) is 0 Å². The van der Waals surface area contributed by atoms with Crippen molar-refractivity contribution in [1.29, 1.82) is 0 Å². The molecule has 4 nitrogen and oxygen atoms in total. The number of hydrogen-bond acceptors (Lipinski definition) is 2. The number of H-pyrrole nitrogens is 1. The average Bonchev–Trinajstić information content (AvgIpc) is 2.81. The van der Waals surface area contributed by atoms with Gasteiger partial charge in [-0.05, 0) is 30.7 Å². The zero-order valence-corrected chi connectivity index (χ0v) is 10.3. The number of carboxylic acids is 1. The van der Waals surface area contributed by atoms with Crippen molar-refractivity contribution in [3.8, 4) is 11.3 Å². The van der Waals surface area contributed by atoms with Gasteiger partial charge in [0.25, 0.3) is 0 Å². The lowest BCUT2D eigenvalue weighted by Gasteiger charge is -2.01. The van der Waals surface area contributed by atoms with E-state index >= 15 is 0 Å². The van der Waals surface area contributed by atoms with Gasteiger partial charge in [-0.25, -0.2) is 4.79 Å². The van der Waals surface area contributed by atoms with Crippen LogP contribution in [0.4, 0.5) is 0 Å². The summed E-state index contributed by atoms with van der Waals surface area (Å²) in [4.78, 5) is 18.4. The Bertz CT molecular complexity index is 775. The van der Waals surface area contributed by atoms with Gasteiger partial charge < -0.3 is 10.1 Å². The molecule has 0 saturated heterocycles. The van der Waals surface area contributed by atoms with Gasteiger partial charge in [-0.2, -0.15) is 0 Å². The van der Waals surface area contributed by atoms with E-state index in [-0.39, 0.29) is 5.56 Å². The summed E-state index contributed by atoms with van der Waals surface area (Å²) >= 11 is 0. The molecule has 2 heterocycles. The summed E-state index contributed by atoms with van der Waals surface area (Å²) in [6.07, 6.45) is 3.38. The normalized spacial score (nSPS) is 10.8. The molecule has 0 amide bonds. The number of aromatic amines is 1. The van der Waals surface area contributed by atoms with Crippen LogP contribution in [0, 0.1) is 6.92 Å². The molecule has 3 rings (SSSR count). The largest absolute Gasteiger partial charge is 0.478 e. The molecule has 3 aromatic rings. The summed E-state index contributed by atoms with van der Waals surface area (Å²) in [5, 5.41) is 10.1. The fourth-order valence-corrected chi connectivity index (χ4v) is 2.16. The van der Waals surface area contributed by atoms with Gasteiger partial charge in [-0.3, -0.25) is 4.98 Å². The van der Waals surface area contributed by atoms with Crippen molar-refractivity contribution in [3.05, 3.63) is 53.9 Å². The Morgan fingerprint density at radius 1 is 1.26 bits per heavy atom. The molecule has 2 aromatic heterocycles. The Balaban J connectivity index is 2.19. The number of nitrogens with one attached hydrogen (secondary N) is 1. The summed E-state index contributed by atoms with van der Waals surface area (Å²) in [5.41, 5.74) is 4.02. The highest BCUT2D eigenvalue weighted by atomic mass is 16.4. The molecule has 2 N–H and O–H groups in total. The van der Waals surface area contributed by atoms with E-state index in [9.17, 15) is 4.79 Å². The Labute approximate surface area is 109 Å². The van der Waals surface area contributed by atoms with Gasteiger partial charge in [0.15, 0.2) is 0 Å². The van der Waals surface area contributed by atoms with E-state index in [1.807, 2.05) is 25.3 Å². The second kappa shape index (κ2) is 4.24. The number of hydrogen-bond donors (Lipinski definition) is 2. The molecule has 0 aliphatic rings. The van der Waals surface area contributed by atoms with Crippen LogP contribution < -0.4 is 0 Å². The molecule has 0 aliphatic carbocycles. The highest BCUT2D eigenvalue weighted by Gasteiger charge is 2.10. The lowest BCUT2D eigenvalue weighted by Crippen LogP contribution is -1.96. The average molecular weight is 252 g/mol. The van der Waals surface area contributed by atoms with Gasteiger partial charge in [-0.15, -0.1) is 0 Å². The summed E-state index contributed by atoms with van der Waals surface area (Å²) in [6.45, 7) is 2.03. The molecular weight excluding hydrogens is 240 g/mol. The summed E-state index contributed by atoms with van der Waals surface area (Å²) in [5.74, 6) is -0.945. The summed E-state index contributed by atoms with van der Waals surface area (Å²) < 4.78 is 0. The number of rotatable bonds is 2. The van der Waals surface area contributed by atoms with Crippen LogP contribution in [0.3, 0.4) is 0 Å². The van der Waals surface area contributed by atoms with Crippen molar-refractivity contribution in [1.82, 2.24) is 9.97 Å². The molecular formula is C15H12N2O2.